The average Bonchev–Trinajstić information content (AvgIpc) is 3.03. The van der Waals surface area contributed by atoms with E-state index in [0.29, 0.717) is 0 Å². The number of benzene rings is 2. The molecule has 0 amide bonds. The standard InChI is InChI=1S/C23H27N3O/c1-17-18(2)24-26(23(17)25-15-7-4-8-16-25)22-10-6-5-9-21(22)19-11-13-20(27-3)14-12-19/h5-6,9-14H,4,7-8,15-16H2,1-3H3. The molecule has 0 atom stereocenters. The topological polar surface area (TPSA) is 30.3 Å². The normalized spacial score (nSPS) is 14.4. The maximum absolute atomic E-state index is 5.31. The number of hydrogen-bond acceptors (Lipinski definition) is 3. The number of methoxy groups -OCH3 is 1. The van der Waals surface area contributed by atoms with Crippen LogP contribution >= 0.6 is 0 Å². The molecule has 1 aliphatic heterocycles. The summed E-state index contributed by atoms with van der Waals surface area (Å²) in [5.74, 6) is 2.11. The molecule has 1 fully saturated rings. The molecule has 3 aromatic rings. The van der Waals surface area contributed by atoms with E-state index in [9.17, 15) is 0 Å². The molecule has 1 aliphatic rings. The van der Waals surface area contributed by atoms with Crippen molar-refractivity contribution < 1.29 is 4.74 Å². The van der Waals surface area contributed by atoms with Gasteiger partial charge in [-0.2, -0.15) is 5.10 Å². The second-order valence-electron chi connectivity index (χ2n) is 7.24. The van der Waals surface area contributed by atoms with Gasteiger partial charge in [-0.1, -0.05) is 30.3 Å². The van der Waals surface area contributed by atoms with Crippen LogP contribution in [0.15, 0.2) is 48.5 Å². The third-order valence-electron chi connectivity index (χ3n) is 5.52. The van der Waals surface area contributed by atoms with E-state index in [0.717, 1.165) is 30.2 Å². The first kappa shape index (κ1) is 17.7. The number of hydrogen-bond donors (Lipinski definition) is 0. The zero-order valence-corrected chi connectivity index (χ0v) is 16.4. The zero-order valence-electron chi connectivity index (χ0n) is 16.4. The van der Waals surface area contributed by atoms with Crippen LogP contribution in [0.3, 0.4) is 0 Å². The smallest absolute Gasteiger partial charge is 0.135 e. The lowest BCUT2D eigenvalue weighted by Gasteiger charge is -2.30. The summed E-state index contributed by atoms with van der Waals surface area (Å²) < 4.78 is 7.46. The van der Waals surface area contributed by atoms with Gasteiger partial charge in [-0.05, 0) is 56.9 Å². The Bertz CT molecular complexity index is 921. The molecule has 0 bridgehead atoms. The fourth-order valence-corrected chi connectivity index (χ4v) is 3.91. The van der Waals surface area contributed by atoms with Crippen molar-refractivity contribution in [3.63, 3.8) is 0 Å². The third-order valence-corrected chi connectivity index (χ3v) is 5.52. The Balaban J connectivity index is 1.83. The van der Waals surface area contributed by atoms with E-state index in [1.54, 1.807) is 7.11 Å². The summed E-state index contributed by atoms with van der Waals surface area (Å²) in [4.78, 5) is 2.50. The monoisotopic (exact) mass is 361 g/mol. The predicted molar refractivity (Wildman–Crippen MR) is 111 cm³/mol. The van der Waals surface area contributed by atoms with Gasteiger partial charge in [-0.25, -0.2) is 4.68 Å². The van der Waals surface area contributed by atoms with Crippen molar-refractivity contribution in [3.8, 4) is 22.6 Å². The van der Waals surface area contributed by atoms with Crippen molar-refractivity contribution in [2.45, 2.75) is 33.1 Å². The van der Waals surface area contributed by atoms with E-state index in [1.165, 1.54) is 41.8 Å². The summed E-state index contributed by atoms with van der Waals surface area (Å²) in [6.45, 7) is 6.52. The molecule has 0 N–H and O–H groups in total. The number of anilines is 1. The molecule has 0 unspecified atom stereocenters. The molecule has 0 spiro atoms. The van der Waals surface area contributed by atoms with E-state index < -0.39 is 0 Å². The summed E-state index contributed by atoms with van der Waals surface area (Å²) in [6, 6.07) is 16.8. The van der Waals surface area contributed by atoms with Crippen molar-refractivity contribution in [1.29, 1.82) is 0 Å². The van der Waals surface area contributed by atoms with E-state index in [1.807, 2.05) is 12.1 Å². The lowest BCUT2D eigenvalue weighted by atomic mass is 10.0. The highest BCUT2D eigenvalue weighted by Crippen LogP contribution is 2.34. The van der Waals surface area contributed by atoms with Crippen LogP contribution in [-0.4, -0.2) is 30.0 Å². The molecule has 1 aromatic heterocycles. The fourth-order valence-electron chi connectivity index (χ4n) is 3.91. The summed E-state index contributed by atoms with van der Waals surface area (Å²) in [7, 11) is 1.70. The maximum Gasteiger partial charge on any atom is 0.135 e. The minimum atomic E-state index is 0.871. The Morgan fingerprint density at radius 3 is 2.30 bits per heavy atom. The number of aromatic nitrogens is 2. The summed E-state index contributed by atoms with van der Waals surface area (Å²) in [6.07, 6.45) is 3.83. The first-order valence-electron chi connectivity index (χ1n) is 9.74. The minimum Gasteiger partial charge on any atom is -0.497 e. The number of ether oxygens (including phenoxy) is 1. The fraction of sp³-hybridized carbons (Fsp3) is 0.348. The Kier molecular flexibility index (Phi) is 4.88. The quantitative estimate of drug-likeness (QED) is 0.643. The molecule has 4 rings (SSSR count). The van der Waals surface area contributed by atoms with Crippen molar-refractivity contribution in [3.05, 3.63) is 59.8 Å². The summed E-state index contributed by atoms with van der Waals surface area (Å²) in [5.41, 5.74) is 5.85. The van der Waals surface area contributed by atoms with Crippen LogP contribution in [0, 0.1) is 13.8 Å². The highest BCUT2D eigenvalue weighted by atomic mass is 16.5. The molecule has 0 radical (unpaired) electrons. The molecule has 1 saturated heterocycles. The van der Waals surface area contributed by atoms with Crippen molar-refractivity contribution >= 4 is 5.82 Å². The SMILES string of the molecule is COc1ccc(-c2ccccc2-n2nc(C)c(C)c2N2CCCCC2)cc1. The van der Waals surface area contributed by atoms with Gasteiger partial charge in [0.25, 0.3) is 0 Å². The van der Waals surface area contributed by atoms with Crippen LogP contribution in [0.1, 0.15) is 30.5 Å². The van der Waals surface area contributed by atoms with Gasteiger partial charge in [0.2, 0.25) is 0 Å². The third kappa shape index (κ3) is 3.32. The van der Waals surface area contributed by atoms with Crippen LogP contribution < -0.4 is 9.64 Å². The Morgan fingerprint density at radius 2 is 1.59 bits per heavy atom. The van der Waals surface area contributed by atoms with Crippen molar-refractivity contribution in [2.24, 2.45) is 0 Å². The Morgan fingerprint density at radius 1 is 0.889 bits per heavy atom. The molecule has 2 aromatic carbocycles. The van der Waals surface area contributed by atoms with Gasteiger partial charge >= 0.3 is 0 Å². The highest BCUT2D eigenvalue weighted by molar-refractivity contribution is 5.75. The largest absolute Gasteiger partial charge is 0.497 e. The number of aryl methyl sites for hydroxylation is 1. The second-order valence-corrected chi connectivity index (χ2v) is 7.24. The highest BCUT2D eigenvalue weighted by Gasteiger charge is 2.22. The second kappa shape index (κ2) is 7.47. The molecule has 27 heavy (non-hydrogen) atoms. The number of nitrogens with zero attached hydrogens (tertiary/aromatic N) is 3. The van der Waals surface area contributed by atoms with Gasteiger partial charge in [0.15, 0.2) is 0 Å². The predicted octanol–water partition coefficient (Wildman–Crippen LogP) is 5.16. The van der Waals surface area contributed by atoms with Crippen LogP contribution in [0.25, 0.3) is 16.8 Å². The molecule has 4 heteroatoms. The van der Waals surface area contributed by atoms with Gasteiger partial charge in [0.1, 0.15) is 11.6 Å². The maximum atomic E-state index is 5.31. The number of piperidine rings is 1. The molecule has 0 saturated carbocycles. The molecule has 4 nitrogen and oxygen atoms in total. The molecular weight excluding hydrogens is 334 g/mol. The lowest BCUT2D eigenvalue weighted by Crippen LogP contribution is -2.31. The number of para-hydroxylation sites is 1. The average molecular weight is 361 g/mol. The minimum absolute atomic E-state index is 0.871. The van der Waals surface area contributed by atoms with Gasteiger partial charge in [-0.15, -0.1) is 0 Å². The lowest BCUT2D eigenvalue weighted by molar-refractivity contribution is 0.415. The van der Waals surface area contributed by atoms with Crippen LogP contribution in [-0.2, 0) is 0 Å². The molecule has 0 aliphatic carbocycles. The van der Waals surface area contributed by atoms with E-state index in [2.05, 4.69) is 59.8 Å². The van der Waals surface area contributed by atoms with E-state index in [4.69, 9.17) is 9.84 Å². The first-order chi connectivity index (χ1) is 13.2. The van der Waals surface area contributed by atoms with Gasteiger partial charge < -0.3 is 9.64 Å². The van der Waals surface area contributed by atoms with Crippen LogP contribution in [0.4, 0.5) is 5.82 Å². The summed E-state index contributed by atoms with van der Waals surface area (Å²) >= 11 is 0. The van der Waals surface area contributed by atoms with E-state index in [-0.39, 0.29) is 0 Å². The summed E-state index contributed by atoms with van der Waals surface area (Å²) in [5, 5.41) is 4.93. The molecule has 140 valence electrons. The van der Waals surface area contributed by atoms with Crippen LogP contribution in [0.5, 0.6) is 5.75 Å². The van der Waals surface area contributed by atoms with Gasteiger partial charge in [0.05, 0.1) is 18.5 Å². The van der Waals surface area contributed by atoms with Crippen molar-refractivity contribution in [2.75, 3.05) is 25.1 Å². The van der Waals surface area contributed by atoms with Gasteiger partial charge in [-0.3, -0.25) is 0 Å². The molecule has 2 heterocycles. The first-order valence-corrected chi connectivity index (χ1v) is 9.74. The van der Waals surface area contributed by atoms with Gasteiger partial charge in [0, 0.05) is 24.2 Å². The molecular formula is C23H27N3O. The van der Waals surface area contributed by atoms with Crippen LogP contribution in [0.2, 0.25) is 0 Å². The van der Waals surface area contributed by atoms with Crippen molar-refractivity contribution in [1.82, 2.24) is 9.78 Å². The van der Waals surface area contributed by atoms with E-state index >= 15 is 0 Å². The Hall–Kier alpha value is -2.75. The Labute approximate surface area is 161 Å². The number of rotatable bonds is 4. The zero-order chi connectivity index (χ0) is 18.8.